The highest BCUT2D eigenvalue weighted by Crippen LogP contribution is 2.32. The molecule has 0 bridgehead atoms. The SMILES string of the molecule is c1ccc2c(-c3c[nH]n4c3nc3ccccc34)cccc2c1. The van der Waals surface area contributed by atoms with Crippen molar-refractivity contribution in [1.82, 2.24) is 14.6 Å². The summed E-state index contributed by atoms with van der Waals surface area (Å²) in [5.41, 5.74) is 5.42. The van der Waals surface area contributed by atoms with Crippen LogP contribution >= 0.6 is 0 Å². The second-order valence-electron chi connectivity index (χ2n) is 5.47. The maximum absolute atomic E-state index is 4.79. The number of fused-ring (bicyclic) bond motifs is 4. The molecule has 1 N–H and O–H groups in total. The van der Waals surface area contributed by atoms with Crippen LogP contribution in [0.25, 0.3) is 38.6 Å². The molecule has 5 aromatic rings. The van der Waals surface area contributed by atoms with Crippen LogP contribution in [0.5, 0.6) is 0 Å². The van der Waals surface area contributed by atoms with Gasteiger partial charge in [0.05, 0.1) is 11.0 Å². The lowest BCUT2D eigenvalue weighted by atomic mass is 10.0. The van der Waals surface area contributed by atoms with Gasteiger partial charge in [-0.05, 0) is 28.5 Å². The Morgan fingerprint density at radius 2 is 1.59 bits per heavy atom. The molecule has 3 nitrogen and oxygen atoms in total. The zero-order chi connectivity index (χ0) is 14.5. The molecule has 104 valence electrons. The van der Waals surface area contributed by atoms with Crippen molar-refractivity contribution in [1.29, 1.82) is 0 Å². The van der Waals surface area contributed by atoms with Gasteiger partial charge in [0.25, 0.3) is 0 Å². The van der Waals surface area contributed by atoms with Gasteiger partial charge in [0.1, 0.15) is 0 Å². The predicted molar refractivity (Wildman–Crippen MR) is 90.0 cm³/mol. The lowest BCUT2D eigenvalue weighted by Crippen LogP contribution is -1.82. The van der Waals surface area contributed by atoms with E-state index in [1.165, 1.54) is 16.3 Å². The van der Waals surface area contributed by atoms with Gasteiger partial charge in [-0.25, -0.2) is 9.50 Å². The number of imidazole rings is 1. The molecule has 0 atom stereocenters. The van der Waals surface area contributed by atoms with Crippen molar-refractivity contribution >= 4 is 27.5 Å². The van der Waals surface area contributed by atoms with E-state index in [-0.39, 0.29) is 0 Å². The molecule has 22 heavy (non-hydrogen) atoms. The van der Waals surface area contributed by atoms with Crippen LogP contribution in [0.3, 0.4) is 0 Å². The third kappa shape index (κ3) is 1.48. The molecule has 3 aromatic carbocycles. The van der Waals surface area contributed by atoms with Crippen LogP contribution in [-0.2, 0) is 0 Å². The number of aromatic nitrogens is 3. The normalized spacial score (nSPS) is 11.6. The fraction of sp³-hybridized carbons (Fsp3) is 0. The van der Waals surface area contributed by atoms with E-state index < -0.39 is 0 Å². The molecule has 0 fully saturated rings. The summed E-state index contributed by atoms with van der Waals surface area (Å²) in [6.45, 7) is 0. The maximum Gasteiger partial charge on any atom is 0.162 e. The molecule has 0 unspecified atom stereocenters. The first-order chi connectivity index (χ1) is 10.9. The molecule has 3 heteroatoms. The Morgan fingerprint density at radius 3 is 2.59 bits per heavy atom. The standard InChI is InChI=1S/C19H13N3/c1-2-8-14-13(6-1)7-5-9-15(14)16-12-20-22-18-11-4-3-10-17(18)21-19(16)22/h1-12,20H. The highest BCUT2D eigenvalue weighted by molar-refractivity contribution is 6.00. The highest BCUT2D eigenvalue weighted by Gasteiger charge is 2.13. The summed E-state index contributed by atoms with van der Waals surface area (Å²) in [4.78, 5) is 4.79. The first kappa shape index (κ1) is 11.6. The Bertz CT molecular complexity index is 1130. The molecule has 5 rings (SSSR count). The smallest absolute Gasteiger partial charge is 0.162 e. The average molecular weight is 283 g/mol. The monoisotopic (exact) mass is 283 g/mol. The summed E-state index contributed by atoms with van der Waals surface area (Å²) in [6, 6.07) is 23.0. The molecule has 0 spiro atoms. The Balaban J connectivity index is 1.89. The van der Waals surface area contributed by atoms with E-state index in [0.717, 1.165) is 22.2 Å². The van der Waals surface area contributed by atoms with E-state index in [2.05, 4.69) is 53.6 Å². The molecule has 2 heterocycles. The van der Waals surface area contributed by atoms with Crippen LogP contribution in [0, 0.1) is 0 Å². The summed E-state index contributed by atoms with van der Waals surface area (Å²) in [5, 5.41) is 5.82. The van der Waals surface area contributed by atoms with Crippen molar-refractivity contribution in [2.75, 3.05) is 0 Å². The largest absolute Gasteiger partial charge is 0.299 e. The van der Waals surface area contributed by atoms with Crippen molar-refractivity contribution in [3.05, 3.63) is 72.9 Å². The number of nitrogens with zero attached hydrogens (tertiary/aromatic N) is 2. The Hall–Kier alpha value is -3.07. The van der Waals surface area contributed by atoms with E-state index >= 15 is 0 Å². The fourth-order valence-electron chi connectivity index (χ4n) is 3.19. The zero-order valence-electron chi connectivity index (χ0n) is 11.8. The number of H-pyrrole nitrogens is 1. The minimum absolute atomic E-state index is 0.970. The van der Waals surface area contributed by atoms with Crippen LogP contribution in [0.15, 0.2) is 72.9 Å². The van der Waals surface area contributed by atoms with Crippen LogP contribution in [0.2, 0.25) is 0 Å². The van der Waals surface area contributed by atoms with Gasteiger partial charge in [0, 0.05) is 11.8 Å². The summed E-state index contributed by atoms with van der Waals surface area (Å²) in [6.07, 6.45) is 2.04. The van der Waals surface area contributed by atoms with Crippen molar-refractivity contribution in [2.24, 2.45) is 0 Å². The molecule has 0 aliphatic heterocycles. The van der Waals surface area contributed by atoms with E-state index in [0.29, 0.717) is 0 Å². The molecule has 0 amide bonds. The molecule has 0 saturated heterocycles. The summed E-state index contributed by atoms with van der Waals surface area (Å²) >= 11 is 0. The first-order valence-corrected chi connectivity index (χ1v) is 7.34. The van der Waals surface area contributed by atoms with Crippen LogP contribution < -0.4 is 0 Å². The van der Waals surface area contributed by atoms with Gasteiger partial charge < -0.3 is 0 Å². The zero-order valence-corrected chi connectivity index (χ0v) is 11.8. The van der Waals surface area contributed by atoms with Crippen molar-refractivity contribution in [3.8, 4) is 11.1 Å². The Morgan fingerprint density at radius 1 is 0.773 bits per heavy atom. The van der Waals surface area contributed by atoms with E-state index in [4.69, 9.17) is 4.98 Å². The molecular formula is C19H13N3. The first-order valence-electron chi connectivity index (χ1n) is 7.34. The van der Waals surface area contributed by atoms with Crippen molar-refractivity contribution in [2.45, 2.75) is 0 Å². The number of benzene rings is 3. The van der Waals surface area contributed by atoms with Gasteiger partial charge in [0.15, 0.2) is 5.65 Å². The Kier molecular flexibility index (Phi) is 2.22. The second kappa shape index (κ2) is 4.21. The van der Waals surface area contributed by atoms with Gasteiger partial charge in [-0.2, -0.15) is 0 Å². The van der Waals surface area contributed by atoms with E-state index in [1.54, 1.807) is 0 Å². The van der Waals surface area contributed by atoms with Gasteiger partial charge in [-0.15, -0.1) is 0 Å². The fourth-order valence-corrected chi connectivity index (χ4v) is 3.19. The second-order valence-corrected chi connectivity index (χ2v) is 5.47. The molecule has 0 aliphatic rings. The number of hydrogen-bond acceptors (Lipinski definition) is 1. The van der Waals surface area contributed by atoms with Gasteiger partial charge in [-0.3, -0.25) is 5.10 Å². The topological polar surface area (TPSA) is 33.1 Å². The van der Waals surface area contributed by atoms with Crippen LogP contribution in [0.1, 0.15) is 0 Å². The number of rotatable bonds is 1. The lowest BCUT2D eigenvalue weighted by molar-refractivity contribution is 1.01. The van der Waals surface area contributed by atoms with Gasteiger partial charge in [-0.1, -0.05) is 54.6 Å². The minimum atomic E-state index is 0.970. The van der Waals surface area contributed by atoms with Crippen molar-refractivity contribution < 1.29 is 0 Å². The lowest BCUT2D eigenvalue weighted by Gasteiger charge is -2.04. The number of hydrogen-bond donors (Lipinski definition) is 1. The summed E-state index contributed by atoms with van der Waals surface area (Å²) < 4.78 is 2.05. The van der Waals surface area contributed by atoms with Crippen molar-refractivity contribution in [3.63, 3.8) is 0 Å². The average Bonchev–Trinajstić information content (AvgIpc) is 3.13. The molecule has 0 aliphatic carbocycles. The van der Waals surface area contributed by atoms with Crippen LogP contribution in [-0.4, -0.2) is 14.6 Å². The van der Waals surface area contributed by atoms with E-state index in [1.807, 2.05) is 28.9 Å². The summed E-state index contributed by atoms with van der Waals surface area (Å²) in [7, 11) is 0. The van der Waals surface area contributed by atoms with Gasteiger partial charge >= 0.3 is 0 Å². The third-order valence-electron chi connectivity index (χ3n) is 4.22. The number of nitrogens with one attached hydrogen (secondary N) is 1. The molecular weight excluding hydrogens is 270 g/mol. The quantitative estimate of drug-likeness (QED) is 0.478. The molecule has 0 radical (unpaired) electrons. The van der Waals surface area contributed by atoms with Crippen LogP contribution in [0.4, 0.5) is 0 Å². The van der Waals surface area contributed by atoms with E-state index in [9.17, 15) is 0 Å². The van der Waals surface area contributed by atoms with Gasteiger partial charge in [0.2, 0.25) is 0 Å². The minimum Gasteiger partial charge on any atom is -0.299 e. The maximum atomic E-state index is 4.79. The highest BCUT2D eigenvalue weighted by atomic mass is 15.3. The molecule has 2 aromatic heterocycles. The Labute approximate surface area is 126 Å². The predicted octanol–water partition coefficient (Wildman–Crippen LogP) is 4.64. The third-order valence-corrected chi connectivity index (χ3v) is 4.22. The number of para-hydroxylation sites is 2. The molecule has 0 saturated carbocycles. The summed E-state index contributed by atoms with van der Waals surface area (Å²) in [5.74, 6) is 0. The number of aromatic amines is 1.